The van der Waals surface area contributed by atoms with Crippen molar-refractivity contribution in [3.8, 4) is 11.5 Å². The van der Waals surface area contributed by atoms with E-state index in [1.165, 1.54) is 6.07 Å². The van der Waals surface area contributed by atoms with Crippen LogP contribution in [0.5, 0.6) is 11.5 Å². The van der Waals surface area contributed by atoms with Crippen LogP contribution in [0.15, 0.2) is 48.5 Å². The van der Waals surface area contributed by atoms with E-state index < -0.39 is 5.82 Å². The third kappa shape index (κ3) is 4.98. The van der Waals surface area contributed by atoms with Crippen LogP contribution in [0.3, 0.4) is 0 Å². The molecule has 3 aromatic rings. The predicted octanol–water partition coefficient (Wildman–Crippen LogP) is 3.61. The highest BCUT2D eigenvalue weighted by Gasteiger charge is 2.12. The number of methoxy groups -OCH3 is 2. The maximum absolute atomic E-state index is 13.8. The van der Waals surface area contributed by atoms with Gasteiger partial charge in [-0.3, -0.25) is 4.79 Å². The van der Waals surface area contributed by atoms with Gasteiger partial charge in [0.05, 0.1) is 19.9 Å². The lowest BCUT2D eigenvalue weighted by Gasteiger charge is -2.11. The van der Waals surface area contributed by atoms with Crippen molar-refractivity contribution in [1.29, 1.82) is 0 Å². The Balaban J connectivity index is 1.72. The molecule has 0 atom stereocenters. The molecule has 7 nitrogen and oxygen atoms in total. The summed E-state index contributed by atoms with van der Waals surface area (Å²) in [4.78, 5) is 21.0. The van der Waals surface area contributed by atoms with Crippen molar-refractivity contribution in [2.24, 2.45) is 0 Å². The van der Waals surface area contributed by atoms with E-state index in [4.69, 9.17) is 9.47 Å². The number of ether oxygens (including phenoxy) is 2. The second-order valence-electron chi connectivity index (χ2n) is 6.20. The van der Waals surface area contributed by atoms with E-state index in [0.29, 0.717) is 17.2 Å². The zero-order chi connectivity index (χ0) is 20.8. The number of aromatic nitrogens is 2. The Kier molecular flexibility index (Phi) is 6.23. The van der Waals surface area contributed by atoms with Crippen molar-refractivity contribution < 1.29 is 18.7 Å². The highest BCUT2D eigenvalue weighted by atomic mass is 19.1. The molecule has 8 heteroatoms. The predicted molar refractivity (Wildman–Crippen MR) is 107 cm³/mol. The zero-order valence-corrected chi connectivity index (χ0v) is 16.3. The number of benzene rings is 2. The van der Waals surface area contributed by atoms with Crippen molar-refractivity contribution in [3.05, 3.63) is 71.3 Å². The largest absolute Gasteiger partial charge is 0.493 e. The third-order valence-corrected chi connectivity index (χ3v) is 4.11. The maximum Gasteiger partial charge on any atom is 0.270 e. The van der Waals surface area contributed by atoms with Crippen LogP contribution in [0.4, 0.5) is 16.0 Å². The quantitative estimate of drug-likeness (QED) is 0.635. The Morgan fingerprint density at radius 1 is 1.03 bits per heavy atom. The molecule has 2 aromatic carbocycles. The molecule has 3 rings (SSSR count). The Hall–Kier alpha value is -3.68. The molecule has 0 spiro atoms. The molecule has 1 amide bonds. The van der Waals surface area contributed by atoms with E-state index in [1.807, 2.05) is 6.07 Å². The van der Waals surface area contributed by atoms with Crippen LogP contribution in [0, 0.1) is 12.7 Å². The molecule has 0 fully saturated rings. The van der Waals surface area contributed by atoms with E-state index in [0.717, 1.165) is 5.56 Å². The van der Waals surface area contributed by atoms with Gasteiger partial charge < -0.3 is 20.1 Å². The molecule has 0 aliphatic rings. The maximum atomic E-state index is 13.8. The molecule has 0 radical (unpaired) electrons. The summed E-state index contributed by atoms with van der Waals surface area (Å²) in [5, 5.41) is 5.61. The lowest BCUT2D eigenvalue weighted by molar-refractivity contribution is 0.0945. The van der Waals surface area contributed by atoms with Crippen LogP contribution in [0.1, 0.15) is 21.7 Å². The van der Waals surface area contributed by atoms with Gasteiger partial charge in [-0.15, -0.1) is 0 Å². The second-order valence-corrected chi connectivity index (χ2v) is 6.20. The minimum Gasteiger partial charge on any atom is -0.493 e. The molecule has 0 saturated carbocycles. The summed E-state index contributed by atoms with van der Waals surface area (Å²) in [5.41, 5.74) is 1.83. The minimum absolute atomic E-state index is 0.145. The van der Waals surface area contributed by atoms with Crippen LogP contribution >= 0.6 is 0 Å². The minimum atomic E-state index is -0.433. The zero-order valence-electron chi connectivity index (χ0n) is 16.3. The number of rotatable bonds is 7. The molecule has 0 saturated heterocycles. The standard InChI is InChI=1S/C21H21FN4O3/c1-13-10-17(26-21(24-13)25-16-7-5-4-6-15(16)22)20(27)23-12-14-8-9-18(28-2)19(11-14)29-3/h4-11H,12H2,1-3H3,(H,23,27)(H,24,25,26). The van der Waals surface area contributed by atoms with Crippen molar-refractivity contribution in [2.45, 2.75) is 13.5 Å². The number of anilines is 2. The summed E-state index contributed by atoms with van der Waals surface area (Å²) in [6.45, 7) is 2.01. The van der Waals surface area contributed by atoms with Crippen molar-refractivity contribution in [2.75, 3.05) is 19.5 Å². The van der Waals surface area contributed by atoms with Gasteiger partial charge in [0, 0.05) is 12.2 Å². The number of halogens is 1. The fourth-order valence-electron chi connectivity index (χ4n) is 2.69. The lowest BCUT2D eigenvalue weighted by atomic mass is 10.2. The second kappa shape index (κ2) is 9.01. The van der Waals surface area contributed by atoms with E-state index in [9.17, 15) is 9.18 Å². The normalized spacial score (nSPS) is 10.3. The van der Waals surface area contributed by atoms with Gasteiger partial charge in [-0.2, -0.15) is 0 Å². The number of hydrogen-bond donors (Lipinski definition) is 2. The molecule has 0 unspecified atom stereocenters. The highest BCUT2D eigenvalue weighted by Crippen LogP contribution is 2.27. The van der Waals surface area contributed by atoms with E-state index in [1.54, 1.807) is 57.5 Å². The number of carbonyl (C=O) groups excluding carboxylic acids is 1. The van der Waals surface area contributed by atoms with Gasteiger partial charge in [-0.05, 0) is 42.8 Å². The van der Waals surface area contributed by atoms with Crippen molar-refractivity contribution in [3.63, 3.8) is 0 Å². The van der Waals surface area contributed by atoms with E-state index >= 15 is 0 Å². The number of nitrogens with one attached hydrogen (secondary N) is 2. The monoisotopic (exact) mass is 396 g/mol. The molecular formula is C21H21FN4O3. The van der Waals surface area contributed by atoms with Crippen LogP contribution in [0.2, 0.25) is 0 Å². The Labute approximate surface area is 167 Å². The van der Waals surface area contributed by atoms with Gasteiger partial charge in [0.2, 0.25) is 5.95 Å². The molecule has 1 aromatic heterocycles. The van der Waals surface area contributed by atoms with Crippen LogP contribution < -0.4 is 20.1 Å². The summed E-state index contributed by atoms with van der Waals surface area (Å²) in [5.74, 6) is 0.525. The fourth-order valence-corrected chi connectivity index (χ4v) is 2.69. The lowest BCUT2D eigenvalue weighted by Crippen LogP contribution is -2.24. The van der Waals surface area contributed by atoms with Gasteiger partial charge >= 0.3 is 0 Å². The highest BCUT2D eigenvalue weighted by molar-refractivity contribution is 5.92. The number of carbonyl (C=O) groups is 1. The molecule has 2 N–H and O–H groups in total. The van der Waals surface area contributed by atoms with Crippen molar-refractivity contribution in [1.82, 2.24) is 15.3 Å². The Morgan fingerprint density at radius 3 is 2.52 bits per heavy atom. The molecule has 1 heterocycles. The molecule has 0 aliphatic carbocycles. The van der Waals surface area contributed by atoms with Crippen LogP contribution in [-0.4, -0.2) is 30.1 Å². The number of aryl methyl sites for hydroxylation is 1. The Bertz CT molecular complexity index is 1030. The first-order valence-corrected chi connectivity index (χ1v) is 8.86. The molecule has 0 bridgehead atoms. The first-order chi connectivity index (χ1) is 14.0. The van der Waals surface area contributed by atoms with Crippen molar-refractivity contribution >= 4 is 17.5 Å². The summed E-state index contributed by atoms with van der Waals surface area (Å²) in [7, 11) is 3.11. The topological polar surface area (TPSA) is 85.4 Å². The van der Waals surface area contributed by atoms with Gasteiger partial charge in [-0.25, -0.2) is 14.4 Å². The van der Waals surface area contributed by atoms with Gasteiger partial charge in [0.1, 0.15) is 11.5 Å². The Morgan fingerprint density at radius 2 is 1.79 bits per heavy atom. The summed E-state index contributed by atoms with van der Waals surface area (Å²) in [6, 6.07) is 13.1. The summed E-state index contributed by atoms with van der Waals surface area (Å²) >= 11 is 0. The fraction of sp³-hybridized carbons (Fsp3) is 0.190. The smallest absolute Gasteiger partial charge is 0.270 e. The molecular weight excluding hydrogens is 375 g/mol. The number of nitrogens with zero attached hydrogens (tertiary/aromatic N) is 2. The molecule has 150 valence electrons. The van der Waals surface area contributed by atoms with E-state index in [2.05, 4.69) is 20.6 Å². The first-order valence-electron chi connectivity index (χ1n) is 8.86. The molecule has 29 heavy (non-hydrogen) atoms. The van der Waals surface area contributed by atoms with Crippen LogP contribution in [-0.2, 0) is 6.54 Å². The van der Waals surface area contributed by atoms with Gasteiger partial charge in [0.15, 0.2) is 11.5 Å². The molecule has 0 aliphatic heterocycles. The number of hydrogen-bond acceptors (Lipinski definition) is 6. The van der Waals surface area contributed by atoms with E-state index in [-0.39, 0.29) is 29.8 Å². The number of para-hydroxylation sites is 1. The first kappa shape index (κ1) is 20.1. The third-order valence-electron chi connectivity index (χ3n) is 4.11. The number of amides is 1. The van der Waals surface area contributed by atoms with Crippen LogP contribution in [0.25, 0.3) is 0 Å². The van der Waals surface area contributed by atoms with Gasteiger partial charge in [0.25, 0.3) is 5.91 Å². The summed E-state index contributed by atoms with van der Waals surface area (Å²) in [6.07, 6.45) is 0. The average molecular weight is 396 g/mol. The average Bonchev–Trinajstić information content (AvgIpc) is 2.73. The summed E-state index contributed by atoms with van der Waals surface area (Å²) < 4.78 is 24.3. The van der Waals surface area contributed by atoms with Gasteiger partial charge in [-0.1, -0.05) is 18.2 Å². The SMILES string of the molecule is COc1ccc(CNC(=O)c2cc(C)nc(Nc3ccccc3F)n2)cc1OC.